The molecule has 96 valence electrons. The minimum absolute atomic E-state index is 0.104. The lowest BCUT2D eigenvalue weighted by molar-refractivity contribution is 0.795. The second-order valence-corrected chi connectivity index (χ2v) is 4.41. The molecule has 0 unspecified atom stereocenters. The molecule has 0 N–H and O–H groups in total. The van der Waals surface area contributed by atoms with Gasteiger partial charge < -0.3 is 0 Å². The first-order valence-electron chi connectivity index (χ1n) is 6.30. The van der Waals surface area contributed by atoms with Crippen LogP contribution in [0.15, 0.2) is 59.4 Å². The molecule has 3 rings (SSSR count). The van der Waals surface area contributed by atoms with Crippen LogP contribution in [0, 0.1) is 12.3 Å². The fourth-order valence-electron chi connectivity index (χ4n) is 2.21. The molecule has 0 saturated heterocycles. The van der Waals surface area contributed by atoms with Gasteiger partial charge in [-0.05, 0) is 12.1 Å². The highest BCUT2D eigenvalue weighted by Crippen LogP contribution is 2.18. The molecule has 0 aliphatic carbocycles. The number of fused-ring (bicyclic) bond motifs is 1. The number of aromatic nitrogens is 2. The fourth-order valence-corrected chi connectivity index (χ4v) is 2.21. The molecule has 2 aromatic carbocycles. The molecule has 3 nitrogen and oxygen atoms in total. The second kappa shape index (κ2) is 5.02. The molecular weight excluding hydrogens is 248 g/mol. The molecule has 0 spiro atoms. The second-order valence-electron chi connectivity index (χ2n) is 4.41. The van der Waals surface area contributed by atoms with Crippen LogP contribution in [0.25, 0.3) is 22.3 Å². The summed E-state index contributed by atoms with van der Waals surface area (Å²) in [6.07, 6.45) is 5.38. The Morgan fingerprint density at radius 1 is 1.05 bits per heavy atom. The average Bonchev–Trinajstić information content (AvgIpc) is 2.51. The largest absolute Gasteiger partial charge is 0.280 e. The number of terminal acetylenes is 1. The fraction of sp³-hybridized carbons (Fsp3) is 0.0588. The Labute approximate surface area is 116 Å². The number of para-hydroxylation sites is 1. The van der Waals surface area contributed by atoms with Gasteiger partial charge in [0.2, 0.25) is 0 Å². The molecule has 3 aromatic rings. The van der Waals surface area contributed by atoms with E-state index in [1.165, 1.54) is 4.57 Å². The van der Waals surface area contributed by atoms with Gasteiger partial charge in [-0.1, -0.05) is 48.4 Å². The van der Waals surface area contributed by atoms with Crippen molar-refractivity contribution < 1.29 is 0 Å². The Morgan fingerprint density at radius 2 is 1.75 bits per heavy atom. The van der Waals surface area contributed by atoms with Gasteiger partial charge in [-0.25, -0.2) is 4.98 Å². The molecule has 0 saturated carbocycles. The third-order valence-electron chi connectivity index (χ3n) is 3.14. The van der Waals surface area contributed by atoms with Gasteiger partial charge in [0, 0.05) is 5.56 Å². The molecule has 3 heteroatoms. The summed E-state index contributed by atoms with van der Waals surface area (Å²) < 4.78 is 1.54. The summed E-state index contributed by atoms with van der Waals surface area (Å²) >= 11 is 0. The minimum atomic E-state index is -0.104. The predicted octanol–water partition coefficient (Wildman–Crippen LogP) is 2.70. The Hall–Kier alpha value is -2.86. The van der Waals surface area contributed by atoms with Gasteiger partial charge in [0.15, 0.2) is 0 Å². The van der Waals surface area contributed by atoms with Crippen molar-refractivity contribution in [1.82, 2.24) is 9.55 Å². The first-order valence-corrected chi connectivity index (χ1v) is 6.30. The molecule has 0 amide bonds. The first-order chi connectivity index (χ1) is 9.81. The van der Waals surface area contributed by atoms with Crippen molar-refractivity contribution in [3.8, 4) is 23.7 Å². The lowest BCUT2D eigenvalue weighted by Gasteiger charge is -2.11. The summed E-state index contributed by atoms with van der Waals surface area (Å²) in [5.41, 5.74) is 1.46. The molecule has 0 radical (unpaired) electrons. The lowest BCUT2D eigenvalue weighted by Crippen LogP contribution is -2.23. The van der Waals surface area contributed by atoms with Crippen LogP contribution in [-0.4, -0.2) is 9.55 Å². The van der Waals surface area contributed by atoms with Crippen LogP contribution in [0.3, 0.4) is 0 Å². The normalized spacial score (nSPS) is 10.3. The van der Waals surface area contributed by atoms with Crippen molar-refractivity contribution in [2.45, 2.75) is 6.54 Å². The van der Waals surface area contributed by atoms with E-state index in [4.69, 9.17) is 6.42 Å². The van der Waals surface area contributed by atoms with E-state index in [0.717, 1.165) is 5.56 Å². The molecule has 0 fully saturated rings. The zero-order valence-corrected chi connectivity index (χ0v) is 10.8. The average molecular weight is 260 g/mol. The molecule has 1 aromatic heterocycles. The lowest BCUT2D eigenvalue weighted by atomic mass is 10.2. The maximum atomic E-state index is 12.5. The molecule has 0 aliphatic rings. The summed E-state index contributed by atoms with van der Waals surface area (Å²) in [5.74, 6) is 3.13. The van der Waals surface area contributed by atoms with Gasteiger partial charge in [-0.2, -0.15) is 0 Å². The van der Waals surface area contributed by atoms with E-state index >= 15 is 0 Å². The summed E-state index contributed by atoms with van der Waals surface area (Å²) in [6, 6.07) is 16.9. The third kappa shape index (κ3) is 1.98. The number of rotatable bonds is 2. The third-order valence-corrected chi connectivity index (χ3v) is 3.14. The number of hydrogen-bond donors (Lipinski definition) is 0. The van der Waals surface area contributed by atoms with Gasteiger partial charge in [-0.3, -0.25) is 9.36 Å². The van der Waals surface area contributed by atoms with E-state index in [0.29, 0.717) is 16.7 Å². The van der Waals surface area contributed by atoms with Crippen LogP contribution in [0.5, 0.6) is 0 Å². The van der Waals surface area contributed by atoms with Crippen molar-refractivity contribution >= 4 is 10.9 Å². The van der Waals surface area contributed by atoms with Gasteiger partial charge in [0.25, 0.3) is 5.56 Å². The summed E-state index contributed by atoms with van der Waals surface area (Å²) in [7, 11) is 0. The van der Waals surface area contributed by atoms with Gasteiger partial charge >= 0.3 is 0 Å². The molecular formula is C17H12N2O. The van der Waals surface area contributed by atoms with Crippen LogP contribution in [0.4, 0.5) is 0 Å². The smallest absolute Gasteiger partial charge is 0.262 e. The van der Waals surface area contributed by atoms with E-state index in [9.17, 15) is 4.79 Å². The molecule has 20 heavy (non-hydrogen) atoms. The Morgan fingerprint density at radius 3 is 2.50 bits per heavy atom. The highest BCUT2D eigenvalue weighted by atomic mass is 16.1. The van der Waals surface area contributed by atoms with Crippen LogP contribution in [-0.2, 0) is 6.54 Å². The maximum absolute atomic E-state index is 12.5. The Balaban J connectivity index is 2.39. The van der Waals surface area contributed by atoms with E-state index < -0.39 is 0 Å². The van der Waals surface area contributed by atoms with Crippen LogP contribution < -0.4 is 5.56 Å². The topological polar surface area (TPSA) is 34.9 Å². The van der Waals surface area contributed by atoms with E-state index in [2.05, 4.69) is 10.9 Å². The van der Waals surface area contributed by atoms with Crippen molar-refractivity contribution in [1.29, 1.82) is 0 Å². The standard InChI is InChI=1S/C17H12N2O/c1-2-12-19-16(13-8-4-3-5-9-13)18-15-11-7-6-10-14(15)17(19)20/h1,3-11H,12H2. The maximum Gasteiger partial charge on any atom is 0.262 e. The summed E-state index contributed by atoms with van der Waals surface area (Å²) in [4.78, 5) is 17.1. The van der Waals surface area contributed by atoms with Crippen LogP contribution >= 0.6 is 0 Å². The monoisotopic (exact) mass is 260 g/mol. The van der Waals surface area contributed by atoms with Gasteiger partial charge in [-0.15, -0.1) is 6.42 Å². The van der Waals surface area contributed by atoms with Crippen LogP contribution in [0.2, 0.25) is 0 Å². The van der Waals surface area contributed by atoms with Crippen molar-refractivity contribution in [3.05, 3.63) is 65.0 Å². The molecule has 0 aliphatic heterocycles. The van der Waals surface area contributed by atoms with E-state index in [1.54, 1.807) is 6.07 Å². The summed E-state index contributed by atoms with van der Waals surface area (Å²) in [6.45, 7) is 0.209. The predicted molar refractivity (Wildman–Crippen MR) is 80.3 cm³/mol. The van der Waals surface area contributed by atoms with E-state index in [1.807, 2.05) is 48.5 Å². The zero-order chi connectivity index (χ0) is 13.9. The highest BCUT2D eigenvalue weighted by Gasteiger charge is 2.11. The molecule has 0 bridgehead atoms. The minimum Gasteiger partial charge on any atom is -0.280 e. The Bertz CT molecular complexity index is 858. The highest BCUT2D eigenvalue weighted by molar-refractivity contribution is 5.79. The number of benzene rings is 2. The summed E-state index contributed by atoms with van der Waals surface area (Å²) in [5, 5.41) is 0.586. The number of hydrogen-bond acceptors (Lipinski definition) is 2. The van der Waals surface area contributed by atoms with E-state index in [-0.39, 0.29) is 12.1 Å². The van der Waals surface area contributed by atoms with Gasteiger partial charge in [0.1, 0.15) is 5.82 Å². The van der Waals surface area contributed by atoms with Gasteiger partial charge in [0.05, 0.1) is 17.4 Å². The SMILES string of the molecule is C#CCn1c(-c2ccccc2)nc2ccccc2c1=O. The van der Waals surface area contributed by atoms with Crippen molar-refractivity contribution in [2.24, 2.45) is 0 Å². The van der Waals surface area contributed by atoms with Crippen molar-refractivity contribution in [3.63, 3.8) is 0 Å². The van der Waals surface area contributed by atoms with Crippen LogP contribution in [0.1, 0.15) is 0 Å². The van der Waals surface area contributed by atoms with Crippen molar-refractivity contribution in [2.75, 3.05) is 0 Å². The Kier molecular flexibility index (Phi) is 3.06. The molecule has 0 atom stereocenters. The number of nitrogens with zero attached hydrogens (tertiary/aromatic N) is 2. The quantitative estimate of drug-likeness (QED) is 0.664. The zero-order valence-electron chi connectivity index (χ0n) is 10.8. The first kappa shape index (κ1) is 12.2. The molecule has 1 heterocycles.